The first-order chi connectivity index (χ1) is 12.8. The van der Waals surface area contributed by atoms with Gasteiger partial charge in [0.2, 0.25) is 5.91 Å². The monoisotopic (exact) mass is 380 g/mol. The number of amides is 2. The minimum atomic E-state index is -1.18. The Kier molecular flexibility index (Phi) is 5.43. The topological polar surface area (TPSA) is 86.7 Å². The number of carbonyl (C=O) groups is 3. The number of hydrogen-bond acceptors (Lipinski definition) is 3. The zero-order chi connectivity index (χ0) is 19.7. The fraction of sp³-hybridized carbons (Fsp3) is 0.526. The summed E-state index contributed by atoms with van der Waals surface area (Å²) in [5.41, 5.74) is -0.285. The lowest BCUT2D eigenvalue weighted by atomic mass is 9.84. The number of nitrogens with zero attached hydrogens (tertiary/aromatic N) is 1. The summed E-state index contributed by atoms with van der Waals surface area (Å²) >= 11 is 0. The number of rotatable bonds is 4. The molecule has 1 saturated carbocycles. The van der Waals surface area contributed by atoms with Crippen molar-refractivity contribution in [2.45, 2.75) is 57.2 Å². The lowest BCUT2D eigenvalue weighted by Gasteiger charge is -2.34. The molecule has 1 aromatic carbocycles. The lowest BCUT2D eigenvalue weighted by molar-refractivity contribution is -0.141. The average molecular weight is 380 g/mol. The van der Waals surface area contributed by atoms with Crippen molar-refractivity contribution < 1.29 is 28.3 Å². The third kappa shape index (κ3) is 3.79. The van der Waals surface area contributed by atoms with Gasteiger partial charge in [0.15, 0.2) is 0 Å². The Morgan fingerprint density at radius 2 is 1.93 bits per heavy atom. The summed E-state index contributed by atoms with van der Waals surface area (Å²) in [6.07, 6.45) is 3.87. The molecule has 1 aromatic rings. The largest absolute Gasteiger partial charge is 0.480 e. The van der Waals surface area contributed by atoms with E-state index in [1.807, 2.05) is 0 Å². The van der Waals surface area contributed by atoms with Crippen molar-refractivity contribution in [3.63, 3.8) is 0 Å². The number of hydrogen-bond donors (Lipinski definition) is 2. The van der Waals surface area contributed by atoms with Crippen molar-refractivity contribution in [3.8, 4) is 0 Å². The predicted octanol–water partition coefficient (Wildman–Crippen LogP) is 2.33. The van der Waals surface area contributed by atoms with E-state index in [1.54, 1.807) is 0 Å². The van der Waals surface area contributed by atoms with Crippen LogP contribution in [0, 0.1) is 17.6 Å². The molecule has 1 aliphatic heterocycles. The van der Waals surface area contributed by atoms with E-state index in [0.717, 1.165) is 31.4 Å². The molecule has 1 heterocycles. The number of nitrogens with one attached hydrogen (secondary N) is 1. The zero-order valence-electron chi connectivity index (χ0n) is 15.0. The molecule has 27 heavy (non-hydrogen) atoms. The van der Waals surface area contributed by atoms with Gasteiger partial charge < -0.3 is 15.3 Å². The van der Waals surface area contributed by atoms with Gasteiger partial charge in [0, 0.05) is 12.1 Å². The Balaban J connectivity index is 1.90. The van der Waals surface area contributed by atoms with E-state index in [-0.39, 0.29) is 17.5 Å². The minimum Gasteiger partial charge on any atom is -0.480 e. The molecule has 0 aromatic heterocycles. The van der Waals surface area contributed by atoms with E-state index in [2.05, 4.69) is 5.32 Å². The average Bonchev–Trinajstić information content (AvgIpc) is 3.00. The van der Waals surface area contributed by atoms with Crippen molar-refractivity contribution in [1.29, 1.82) is 0 Å². The Labute approximate surface area is 155 Å². The van der Waals surface area contributed by atoms with Gasteiger partial charge in [0.25, 0.3) is 5.91 Å². The van der Waals surface area contributed by atoms with E-state index in [1.165, 1.54) is 11.8 Å². The fourth-order valence-corrected chi connectivity index (χ4v) is 4.16. The van der Waals surface area contributed by atoms with Gasteiger partial charge in [-0.05, 0) is 44.2 Å². The van der Waals surface area contributed by atoms with Crippen molar-refractivity contribution in [2.75, 3.05) is 0 Å². The van der Waals surface area contributed by atoms with Crippen LogP contribution in [0.25, 0.3) is 0 Å². The smallest absolute Gasteiger partial charge is 0.325 e. The maximum absolute atomic E-state index is 14.2. The number of likely N-dealkylation sites (tertiary alicyclic amines) is 1. The highest BCUT2D eigenvalue weighted by atomic mass is 19.1. The van der Waals surface area contributed by atoms with Crippen LogP contribution in [0.3, 0.4) is 0 Å². The Morgan fingerprint density at radius 3 is 2.59 bits per heavy atom. The zero-order valence-corrected chi connectivity index (χ0v) is 15.0. The first-order valence-corrected chi connectivity index (χ1v) is 9.10. The molecule has 1 saturated heterocycles. The lowest BCUT2D eigenvalue weighted by Crippen LogP contribution is -2.52. The van der Waals surface area contributed by atoms with Crippen LogP contribution in [0.5, 0.6) is 0 Å². The summed E-state index contributed by atoms with van der Waals surface area (Å²) in [5, 5.41) is 11.4. The number of benzene rings is 1. The summed E-state index contributed by atoms with van der Waals surface area (Å²) in [6.45, 7) is 1.34. The molecule has 4 atom stereocenters. The highest BCUT2D eigenvalue weighted by Gasteiger charge is 2.48. The molecule has 6 nitrogen and oxygen atoms in total. The Morgan fingerprint density at radius 1 is 1.22 bits per heavy atom. The molecule has 1 aliphatic carbocycles. The molecule has 2 fully saturated rings. The fourth-order valence-electron chi connectivity index (χ4n) is 4.16. The van der Waals surface area contributed by atoms with Crippen LogP contribution in [-0.2, 0) is 9.59 Å². The molecule has 2 aliphatic rings. The Hall–Kier alpha value is -2.51. The number of fused-ring (bicyclic) bond motifs is 1. The highest BCUT2D eigenvalue weighted by Crippen LogP contribution is 2.40. The summed E-state index contributed by atoms with van der Waals surface area (Å²) in [6, 6.07) is 0.566. The SMILES string of the molecule is CC(NC(=O)C1CC2CCCCC2N1C(=O)c1ccc(F)cc1F)C(=O)O. The van der Waals surface area contributed by atoms with Crippen LogP contribution in [0.1, 0.15) is 49.4 Å². The second kappa shape index (κ2) is 7.62. The van der Waals surface area contributed by atoms with Gasteiger partial charge >= 0.3 is 5.97 Å². The third-order valence-electron chi connectivity index (χ3n) is 5.52. The second-order valence-electron chi connectivity index (χ2n) is 7.27. The molecule has 4 unspecified atom stereocenters. The van der Waals surface area contributed by atoms with Crippen molar-refractivity contribution in [2.24, 2.45) is 5.92 Å². The van der Waals surface area contributed by atoms with Crippen LogP contribution in [0.15, 0.2) is 18.2 Å². The second-order valence-corrected chi connectivity index (χ2v) is 7.27. The quantitative estimate of drug-likeness (QED) is 0.839. The van der Waals surface area contributed by atoms with Crippen LogP contribution in [0.2, 0.25) is 0 Å². The summed E-state index contributed by atoms with van der Waals surface area (Å²) in [7, 11) is 0. The highest BCUT2D eigenvalue weighted by molar-refractivity contribution is 5.99. The first-order valence-electron chi connectivity index (χ1n) is 9.10. The molecule has 0 spiro atoms. The van der Waals surface area contributed by atoms with E-state index in [9.17, 15) is 23.2 Å². The summed E-state index contributed by atoms with van der Waals surface area (Å²) in [4.78, 5) is 38.1. The van der Waals surface area contributed by atoms with Crippen molar-refractivity contribution >= 4 is 17.8 Å². The number of carboxylic acid groups (broad SMARTS) is 1. The predicted molar refractivity (Wildman–Crippen MR) is 91.9 cm³/mol. The van der Waals surface area contributed by atoms with Gasteiger partial charge in [0.1, 0.15) is 23.7 Å². The van der Waals surface area contributed by atoms with Crippen LogP contribution in [0.4, 0.5) is 8.78 Å². The van der Waals surface area contributed by atoms with Gasteiger partial charge in [-0.3, -0.25) is 14.4 Å². The van der Waals surface area contributed by atoms with Gasteiger partial charge in [-0.1, -0.05) is 12.8 Å². The van der Waals surface area contributed by atoms with Crippen LogP contribution in [-0.4, -0.2) is 45.9 Å². The molecule has 2 N–H and O–H groups in total. The van der Waals surface area contributed by atoms with E-state index < -0.39 is 41.5 Å². The molecule has 3 rings (SSSR count). The molecule has 0 radical (unpaired) electrons. The summed E-state index contributed by atoms with van der Waals surface area (Å²) in [5.74, 6) is -4.05. The van der Waals surface area contributed by atoms with Crippen molar-refractivity contribution in [1.82, 2.24) is 10.2 Å². The maximum Gasteiger partial charge on any atom is 0.325 e. The van der Waals surface area contributed by atoms with Crippen LogP contribution < -0.4 is 5.32 Å². The minimum absolute atomic E-state index is 0.113. The van der Waals surface area contributed by atoms with Crippen LogP contribution >= 0.6 is 0 Å². The Bertz CT molecular complexity index is 770. The molecule has 146 valence electrons. The van der Waals surface area contributed by atoms with Gasteiger partial charge in [-0.2, -0.15) is 0 Å². The third-order valence-corrected chi connectivity index (χ3v) is 5.52. The normalized spacial score (nSPS) is 25.6. The summed E-state index contributed by atoms with van der Waals surface area (Å²) < 4.78 is 27.4. The number of aliphatic carboxylic acids is 1. The molecular formula is C19H22F2N2O4. The molecule has 0 bridgehead atoms. The number of carboxylic acids is 1. The van der Waals surface area contributed by atoms with Gasteiger partial charge in [-0.25, -0.2) is 8.78 Å². The van der Waals surface area contributed by atoms with Gasteiger partial charge in [0.05, 0.1) is 5.56 Å². The maximum atomic E-state index is 14.2. The van der Waals surface area contributed by atoms with Crippen molar-refractivity contribution in [3.05, 3.63) is 35.4 Å². The first kappa shape index (κ1) is 19.3. The van der Waals surface area contributed by atoms with E-state index >= 15 is 0 Å². The van der Waals surface area contributed by atoms with Gasteiger partial charge in [-0.15, -0.1) is 0 Å². The van der Waals surface area contributed by atoms with E-state index in [4.69, 9.17) is 5.11 Å². The molecular weight excluding hydrogens is 358 g/mol. The number of halogens is 2. The standard InChI is InChI=1S/C19H22F2N2O4/c1-10(19(26)27)22-17(24)16-8-11-4-2-3-5-15(11)23(16)18(25)13-7-6-12(20)9-14(13)21/h6-7,9-11,15-16H,2-5,8H2,1H3,(H,22,24)(H,26,27). The van der Waals surface area contributed by atoms with E-state index in [0.29, 0.717) is 18.9 Å². The number of carbonyl (C=O) groups excluding carboxylic acids is 2. The molecule has 2 amide bonds. The molecule has 8 heteroatoms.